The topological polar surface area (TPSA) is 72.4 Å². The molecule has 1 heterocycles. The van der Waals surface area contributed by atoms with Crippen LogP contribution in [0.5, 0.6) is 0 Å². The maximum atomic E-state index is 9.11. The van der Waals surface area contributed by atoms with Crippen LogP contribution in [0.15, 0.2) is 24.5 Å². The molecule has 0 saturated heterocycles. The van der Waals surface area contributed by atoms with Crippen LogP contribution < -0.4 is 4.90 Å². The van der Waals surface area contributed by atoms with Gasteiger partial charge in [-0.3, -0.25) is 0 Å². The van der Waals surface area contributed by atoms with E-state index in [0.717, 1.165) is 16.7 Å². The average Bonchev–Trinajstić information content (AvgIpc) is 2.77. The quantitative estimate of drug-likeness (QED) is 0.696. The number of imidazole rings is 1. The highest BCUT2D eigenvalue weighted by molar-refractivity contribution is 5.79. The number of nitrogens with one attached hydrogen (secondary N) is 1. The highest BCUT2D eigenvalue weighted by atomic mass is 16.3. The molecule has 5 heteroatoms. The zero-order chi connectivity index (χ0) is 11.5. The molecule has 0 bridgehead atoms. The Morgan fingerprint density at radius 2 is 2.12 bits per heavy atom. The Morgan fingerprint density at radius 1 is 1.38 bits per heavy atom. The first kappa shape index (κ1) is 10.9. The van der Waals surface area contributed by atoms with Crippen molar-refractivity contribution in [3.8, 4) is 0 Å². The van der Waals surface area contributed by atoms with Crippen LogP contribution >= 0.6 is 0 Å². The van der Waals surface area contributed by atoms with Crippen molar-refractivity contribution in [2.75, 3.05) is 25.2 Å². The summed E-state index contributed by atoms with van der Waals surface area (Å²) in [5.41, 5.74) is 2.78. The van der Waals surface area contributed by atoms with E-state index < -0.39 is 0 Å². The van der Waals surface area contributed by atoms with Gasteiger partial charge in [-0.25, -0.2) is 4.98 Å². The molecule has 1 aromatic carbocycles. The maximum absolute atomic E-state index is 9.11. The van der Waals surface area contributed by atoms with Crippen molar-refractivity contribution in [2.24, 2.45) is 0 Å². The summed E-state index contributed by atoms with van der Waals surface area (Å²) in [5, 5.41) is 18.2. The molecule has 0 spiro atoms. The minimum Gasteiger partial charge on any atom is -0.394 e. The standard InChI is InChI=1S/C11H15N3O2/c1-14(9(5-15)6-16)8-2-3-10-11(4-8)13-7-12-10/h2-4,7,9,15-16H,5-6H2,1H3,(H,12,13). The number of aromatic nitrogens is 2. The summed E-state index contributed by atoms with van der Waals surface area (Å²) in [6.45, 7) is -0.151. The summed E-state index contributed by atoms with van der Waals surface area (Å²) in [5.74, 6) is 0. The lowest BCUT2D eigenvalue weighted by molar-refractivity contribution is 0.191. The van der Waals surface area contributed by atoms with E-state index >= 15 is 0 Å². The average molecular weight is 221 g/mol. The third-order valence-electron chi connectivity index (χ3n) is 2.78. The second kappa shape index (κ2) is 4.51. The Morgan fingerprint density at radius 3 is 2.81 bits per heavy atom. The summed E-state index contributed by atoms with van der Waals surface area (Å²) in [4.78, 5) is 9.01. The summed E-state index contributed by atoms with van der Waals surface area (Å²) in [6, 6.07) is 5.49. The number of hydrogen-bond acceptors (Lipinski definition) is 4. The van der Waals surface area contributed by atoms with Crippen LogP contribution in [0, 0.1) is 0 Å². The number of nitrogens with zero attached hydrogens (tertiary/aromatic N) is 2. The molecule has 0 aliphatic carbocycles. The Labute approximate surface area is 93.3 Å². The van der Waals surface area contributed by atoms with E-state index in [9.17, 15) is 0 Å². The third-order valence-corrected chi connectivity index (χ3v) is 2.78. The van der Waals surface area contributed by atoms with Crippen LogP contribution in [-0.4, -0.2) is 46.5 Å². The van der Waals surface area contributed by atoms with Gasteiger partial charge < -0.3 is 20.1 Å². The SMILES string of the molecule is CN(c1ccc2nc[nH]c2c1)C(CO)CO. The van der Waals surface area contributed by atoms with E-state index in [4.69, 9.17) is 10.2 Å². The van der Waals surface area contributed by atoms with E-state index in [0.29, 0.717) is 0 Å². The summed E-state index contributed by atoms with van der Waals surface area (Å²) in [6.07, 6.45) is 1.64. The third kappa shape index (κ3) is 1.87. The van der Waals surface area contributed by atoms with Crippen molar-refractivity contribution in [2.45, 2.75) is 6.04 Å². The van der Waals surface area contributed by atoms with Gasteiger partial charge in [0.05, 0.1) is 36.6 Å². The second-order valence-electron chi connectivity index (χ2n) is 3.73. The minimum absolute atomic E-state index is 0.0754. The second-order valence-corrected chi connectivity index (χ2v) is 3.73. The van der Waals surface area contributed by atoms with Gasteiger partial charge in [0.1, 0.15) is 0 Å². The predicted octanol–water partition coefficient (Wildman–Crippen LogP) is 0.352. The van der Waals surface area contributed by atoms with Crippen LogP contribution in [0.1, 0.15) is 0 Å². The molecule has 0 unspecified atom stereocenters. The van der Waals surface area contributed by atoms with Gasteiger partial charge in [-0.2, -0.15) is 0 Å². The van der Waals surface area contributed by atoms with Crippen molar-refractivity contribution in [1.82, 2.24) is 9.97 Å². The number of H-pyrrole nitrogens is 1. The van der Waals surface area contributed by atoms with E-state index in [1.807, 2.05) is 30.1 Å². The first-order valence-corrected chi connectivity index (χ1v) is 5.14. The molecule has 16 heavy (non-hydrogen) atoms. The van der Waals surface area contributed by atoms with Crippen LogP contribution in [0.25, 0.3) is 11.0 Å². The van der Waals surface area contributed by atoms with Gasteiger partial charge in [0.2, 0.25) is 0 Å². The summed E-state index contributed by atoms with van der Waals surface area (Å²) >= 11 is 0. The largest absolute Gasteiger partial charge is 0.394 e. The lowest BCUT2D eigenvalue weighted by Gasteiger charge is -2.26. The molecular weight excluding hydrogens is 206 g/mol. The van der Waals surface area contributed by atoms with Gasteiger partial charge in [-0.15, -0.1) is 0 Å². The lowest BCUT2D eigenvalue weighted by atomic mass is 10.2. The number of hydrogen-bond donors (Lipinski definition) is 3. The zero-order valence-electron chi connectivity index (χ0n) is 9.09. The number of anilines is 1. The fourth-order valence-electron chi connectivity index (χ4n) is 1.66. The molecule has 2 aromatic rings. The summed E-state index contributed by atoms with van der Waals surface area (Å²) < 4.78 is 0. The fraction of sp³-hybridized carbons (Fsp3) is 0.364. The van der Waals surface area contributed by atoms with Crippen LogP contribution in [0.2, 0.25) is 0 Å². The molecule has 0 atom stereocenters. The van der Waals surface area contributed by atoms with Crippen molar-refractivity contribution >= 4 is 16.7 Å². The van der Waals surface area contributed by atoms with Gasteiger partial charge in [0, 0.05) is 12.7 Å². The normalized spacial score (nSPS) is 11.2. The Bertz CT molecular complexity index is 465. The maximum Gasteiger partial charge on any atom is 0.0931 e. The smallest absolute Gasteiger partial charge is 0.0931 e. The van der Waals surface area contributed by atoms with Crippen LogP contribution in [0.4, 0.5) is 5.69 Å². The molecule has 86 valence electrons. The highest BCUT2D eigenvalue weighted by Gasteiger charge is 2.13. The molecule has 5 nitrogen and oxygen atoms in total. The summed E-state index contributed by atoms with van der Waals surface area (Å²) in [7, 11) is 1.84. The minimum atomic E-state index is -0.277. The highest BCUT2D eigenvalue weighted by Crippen LogP contribution is 2.20. The number of rotatable bonds is 4. The number of aliphatic hydroxyl groups excluding tert-OH is 2. The Balaban J connectivity index is 2.31. The van der Waals surface area contributed by atoms with E-state index in [1.165, 1.54) is 0 Å². The lowest BCUT2D eigenvalue weighted by Crippen LogP contribution is -2.37. The van der Waals surface area contributed by atoms with E-state index in [1.54, 1.807) is 6.33 Å². The molecule has 2 rings (SSSR count). The molecule has 3 N–H and O–H groups in total. The van der Waals surface area contributed by atoms with Gasteiger partial charge in [-0.05, 0) is 18.2 Å². The van der Waals surface area contributed by atoms with Gasteiger partial charge in [0.25, 0.3) is 0 Å². The van der Waals surface area contributed by atoms with E-state index in [-0.39, 0.29) is 19.3 Å². The van der Waals surface area contributed by atoms with Crippen LogP contribution in [-0.2, 0) is 0 Å². The molecule has 0 saturated carbocycles. The predicted molar refractivity (Wildman–Crippen MR) is 62.5 cm³/mol. The van der Waals surface area contributed by atoms with Crippen molar-refractivity contribution in [3.63, 3.8) is 0 Å². The van der Waals surface area contributed by atoms with Gasteiger partial charge >= 0.3 is 0 Å². The van der Waals surface area contributed by atoms with Gasteiger partial charge in [0.15, 0.2) is 0 Å². The number of likely N-dealkylation sites (N-methyl/N-ethyl adjacent to an activating group) is 1. The molecule has 0 radical (unpaired) electrons. The van der Waals surface area contributed by atoms with Crippen molar-refractivity contribution in [3.05, 3.63) is 24.5 Å². The monoisotopic (exact) mass is 221 g/mol. The van der Waals surface area contributed by atoms with Crippen molar-refractivity contribution in [1.29, 1.82) is 0 Å². The fourth-order valence-corrected chi connectivity index (χ4v) is 1.66. The number of benzene rings is 1. The molecule has 0 fully saturated rings. The first-order chi connectivity index (χ1) is 7.76. The molecular formula is C11H15N3O2. The Kier molecular flexibility index (Phi) is 3.07. The zero-order valence-corrected chi connectivity index (χ0v) is 9.09. The molecule has 1 aromatic heterocycles. The molecule has 0 aliphatic rings. The number of aromatic amines is 1. The Hall–Kier alpha value is -1.59. The number of aliphatic hydroxyl groups is 2. The molecule has 0 aliphatic heterocycles. The van der Waals surface area contributed by atoms with Gasteiger partial charge in [-0.1, -0.05) is 0 Å². The van der Waals surface area contributed by atoms with Crippen molar-refractivity contribution < 1.29 is 10.2 Å². The first-order valence-electron chi connectivity index (χ1n) is 5.14. The van der Waals surface area contributed by atoms with Crippen LogP contribution in [0.3, 0.4) is 0 Å². The number of fused-ring (bicyclic) bond motifs is 1. The van der Waals surface area contributed by atoms with E-state index in [2.05, 4.69) is 9.97 Å². The molecule has 0 amide bonds.